The van der Waals surface area contributed by atoms with Gasteiger partial charge in [0.2, 0.25) is 5.95 Å². The first kappa shape index (κ1) is 18.5. The van der Waals surface area contributed by atoms with E-state index in [1.165, 1.54) is 0 Å². The number of hydrogen-bond donors (Lipinski definition) is 3. The van der Waals surface area contributed by atoms with Crippen molar-refractivity contribution < 1.29 is 22.7 Å². The molecule has 11 heteroatoms. The number of rotatable bonds is 4. The highest BCUT2D eigenvalue weighted by molar-refractivity contribution is 5.96. The van der Waals surface area contributed by atoms with Crippen molar-refractivity contribution in [1.82, 2.24) is 20.2 Å². The summed E-state index contributed by atoms with van der Waals surface area (Å²) in [6.07, 6.45) is -0.868. The van der Waals surface area contributed by atoms with E-state index in [1.54, 1.807) is 18.2 Å². The molecule has 0 aliphatic heterocycles. The van der Waals surface area contributed by atoms with E-state index in [-0.39, 0.29) is 29.0 Å². The lowest BCUT2D eigenvalue weighted by Gasteiger charge is -2.06. The molecule has 0 bridgehead atoms. The predicted molar refractivity (Wildman–Crippen MR) is 98.3 cm³/mol. The van der Waals surface area contributed by atoms with Gasteiger partial charge in [-0.25, -0.2) is 28.0 Å². The summed E-state index contributed by atoms with van der Waals surface area (Å²) in [5, 5.41) is 8.64. The minimum absolute atomic E-state index is 0.0448. The van der Waals surface area contributed by atoms with E-state index in [9.17, 15) is 22.8 Å². The maximum absolute atomic E-state index is 13.7. The molecule has 0 radical (unpaired) electrons. The Kier molecular flexibility index (Phi) is 4.63. The first-order valence-corrected chi connectivity index (χ1v) is 8.33. The monoisotopic (exact) mass is 403 g/mol. The zero-order valence-electron chi connectivity index (χ0n) is 14.6. The van der Waals surface area contributed by atoms with Crippen LogP contribution in [0.15, 0.2) is 35.1 Å². The Morgan fingerprint density at radius 1 is 1.14 bits per heavy atom. The first-order chi connectivity index (χ1) is 14.0. The van der Waals surface area contributed by atoms with Gasteiger partial charge in [0.25, 0.3) is 5.56 Å². The molecule has 0 spiro atoms. The van der Waals surface area contributed by atoms with Crippen LogP contribution in [-0.2, 0) is 4.74 Å². The number of anilines is 1. The Labute approximate surface area is 159 Å². The van der Waals surface area contributed by atoms with E-state index in [0.29, 0.717) is 16.6 Å². The van der Waals surface area contributed by atoms with E-state index in [0.717, 1.165) is 12.1 Å². The van der Waals surface area contributed by atoms with Crippen molar-refractivity contribution in [2.45, 2.75) is 0 Å². The van der Waals surface area contributed by atoms with Gasteiger partial charge in [0.1, 0.15) is 13.3 Å². The lowest BCUT2D eigenvalue weighted by atomic mass is 10.0. The van der Waals surface area contributed by atoms with Crippen LogP contribution in [0.3, 0.4) is 0 Å². The van der Waals surface area contributed by atoms with Gasteiger partial charge >= 0.3 is 6.09 Å². The van der Waals surface area contributed by atoms with Crippen molar-refractivity contribution in [3.8, 4) is 11.3 Å². The normalized spacial score (nSPS) is 11.1. The third kappa shape index (κ3) is 3.49. The minimum Gasteiger partial charge on any atom is -0.446 e. The van der Waals surface area contributed by atoms with Gasteiger partial charge in [-0.05, 0) is 24.3 Å². The number of H-pyrrole nitrogens is 2. The number of ether oxygens (including phenoxy) is 1. The molecule has 148 valence electrons. The molecule has 29 heavy (non-hydrogen) atoms. The molecule has 0 atom stereocenters. The molecule has 3 N–H and O–H groups in total. The molecule has 0 aliphatic carbocycles. The number of benzene rings is 2. The van der Waals surface area contributed by atoms with Crippen LogP contribution in [-0.4, -0.2) is 39.5 Å². The number of alkyl halides is 1. The number of halogens is 3. The number of carbonyl (C=O) groups is 1. The summed E-state index contributed by atoms with van der Waals surface area (Å²) >= 11 is 0. The summed E-state index contributed by atoms with van der Waals surface area (Å²) in [5.41, 5.74) is 1.04. The van der Waals surface area contributed by atoms with Crippen molar-refractivity contribution >= 4 is 33.8 Å². The third-order valence-electron chi connectivity index (χ3n) is 4.12. The van der Waals surface area contributed by atoms with Gasteiger partial charge in [0.15, 0.2) is 11.6 Å². The van der Waals surface area contributed by atoms with E-state index in [4.69, 9.17) is 0 Å². The van der Waals surface area contributed by atoms with Crippen LogP contribution in [0.25, 0.3) is 33.1 Å². The Morgan fingerprint density at radius 2 is 1.90 bits per heavy atom. The number of aromatic amines is 2. The zero-order valence-corrected chi connectivity index (χ0v) is 14.6. The number of nitrogens with one attached hydrogen (secondary N) is 3. The first-order valence-electron chi connectivity index (χ1n) is 8.33. The van der Waals surface area contributed by atoms with Crippen molar-refractivity contribution in [1.29, 1.82) is 0 Å². The summed E-state index contributed by atoms with van der Waals surface area (Å²) in [5.74, 6) is -2.17. The highest BCUT2D eigenvalue weighted by Gasteiger charge is 2.15. The van der Waals surface area contributed by atoms with Crippen LogP contribution < -0.4 is 10.9 Å². The Hall–Kier alpha value is -3.89. The largest absolute Gasteiger partial charge is 0.446 e. The Morgan fingerprint density at radius 3 is 2.66 bits per heavy atom. The summed E-state index contributed by atoms with van der Waals surface area (Å²) in [4.78, 5) is 30.4. The minimum atomic E-state index is -1.14. The van der Waals surface area contributed by atoms with Gasteiger partial charge in [0.05, 0.1) is 22.1 Å². The molecule has 2 heterocycles. The van der Waals surface area contributed by atoms with Crippen LogP contribution >= 0.6 is 0 Å². The van der Waals surface area contributed by atoms with Gasteiger partial charge in [-0.1, -0.05) is 6.07 Å². The highest BCUT2D eigenvalue weighted by Crippen LogP contribution is 2.28. The molecule has 0 saturated carbocycles. The predicted octanol–water partition coefficient (Wildman–Crippen LogP) is 3.26. The molecule has 0 unspecified atom stereocenters. The highest BCUT2D eigenvalue weighted by atomic mass is 19.2. The van der Waals surface area contributed by atoms with Crippen LogP contribution in [0.1, 0.15) is 0 Å². The summed E-state index contributed by atoms with van der Waals surface area (Å²) in [7, 11) is 0. The molecule has 1 amide bonds. The van der Waals surface area contributed by atoms with Crippen molar-refractivity contribution in [2.75, 3.05) is 18.6 Å². The van der Waals surface area contributed by atoms with Gasteiger partial charge in [-0.3, -0.25) is 10.1 Å². The van der Waals surface area contributed by atoms with Crippen LogP contribution in [0.4, 0.5) is 23.9 Å². The maximum atomic E-state index is 13.7. The second-order valence-electron chi connectivity index (χ2n) is 5.98. The van der Waals surface area contributed by atoms with Gasteiger partial charge < -0.3 is 9.72 Å². The average molecular weight is 403 g/mol. The SMILES string of the molecule is O=C(Nc1nc2ccc(-c3n[nH]c(=O)c4cc(F)c(F)cc34)cc2[nH]1)OCCF. The standard InChI is InChI=1S/C18H12F3N5O3/c19-3-4-29-18(28)24-17-22-13-2-1-8(5-14(13)23-17)15-9-6-11(20)12(21)7-10(9)16(27)26-25-15/h1-2,5-7H,3-4H2,(H,26,27)(H2,22,23,24,28). The van der Waals surface area contributed by atoms with E-state index < -0.39 is 30.0 Å². The Bertz CT molecular complexity index is 1300. The molecule has 2 aromatic carbocycles. The molecule has 0 fully saturated rings. The fourth-order valence-corrected chi connectivity index (χ4v) is 2.86. The number of imidazole rings is 1. The second kappa shape index (κ2) is 7.26. The summed E-state index contributed by atoms with van der Waals surface area (Å²) < 4.78 is 43.9. The van der Waals surface area contributed by atoms with Gasteiger partial charge in [0, 0.05) is 10.9 Å². The lowest BCUT2D eigenvalue weighted by molar-refractivity contribution is 0.152. The molecular weight excluding hydrogens is 391 g/mol. The fraction of sp³-hybridized carbons (Fsp3) is 0.111. The quantitative estimate of drug-likeness (QED) is 0.484. The number of fused-ring (bicyclic) bond motifs is 2. The number of amides is 1. The van der Waals surface area contributed by atoms with E-state index >= 15 is 0 Å². The topological polar surface area (TPSA) is 113 Å². The van der Waals surface area contributed by atoms with Crippen molar-refractivity contribution in [2.24, 2.45) is 0 Å². The molecule has 4 aromatic rings. The fourth-order valence-electron chi connectivity index (χ4n) is 2.86. The molecule has 4 rings (SSSR count). The average Bonchev–Trinajstić information content (AvgIpc) is 3.09. The maximum Gasteiger partial charge on any atom is 0.414 e. The molecular formula is C18H12F3N5O3. The van der Waals surface area contributed by atoms with E-state index in [2.05, 4.69) is 30.2 Å². The summed E-state index contributed by atoms with van der Waals surface area (Å²) in [6, 6.07) is 6.57. The van der Waals surface area contributed by atoms with Crippen LogP contribution in [0.5, 0.6) is 0 Å². The van der Waals surface area contributed by atoms with Crippen molar-refractivity contribution in [3.63, 3.8) is 0 Å². The van der Waals surface area contributed by atoms with Crippen LogP contribution in [0, 0.1) is 11.6 Å². The third-order valence-corrected chi connectivity index (χ3v) is 4.12. The second-order valence-corrected chi connectivity index (χ2v) is 5.98. The molecule has 2 aromatic heterocycles. The molecule has 0 aliphatic rings. The number of aromatic nitrogens is 4. The molecule has 8 nitrogen and oxygen atoms in total. The number of nitrogens with zero attached hydrogens (tertiary/aromatic N) is 2. The van der Waals surface area contributed by atoms with Crippen molar-refractivity contribution in [3.05, 3.63) is 52.3 Å². The molecule has 0 saturated heterocycles. The smallest absolute Gasteiger partial charge is 0.414 e. The lowest BCUT2D eigenvalue weighted by Crippen LogP contribution is -2.15. The number of carbonyl (C=O) groups excluding carboxylic acids is 1. The number of hydrogen-bond acceptors (Lipinski definition) is 5. The van der Waals surface area contributed by atoms with E-state index in [1.807, 2.05) is 0 Å². The van der Waals surface area contributed by atoms with Gasteiger partial charge in [-0.15, -0.1) is 0 Å². The zero-order chi connectivity index (χ0) is 20.5. The van der Waals surface area contributed by atoms with Crippen LogP contribution in [0.2, 0.25) is 0 Å². The van der Waals surface area contributed by atoms with Gasteiger partial charge in [-0.2, -0.15) is 5.10 Å². The summed E-state index contributed by atoms with van der Waals surface area (Å²) in [6.45, 7) is -1.18. The Balaban J connectivity index is 1.75.